The zero-order chi connectivity index (χ0) is 19.9. The summed E-state index contributed by atoms with van der Waals surface area (Å²) in [5.74, 6) is -0.125. The lowest BCUT2D eigenvalue weighted by Crippen LogP contribution is -2.14. The molecule has 0 spiro atoms. The van der Waals surface area contributed by atoms with Crippen LogP contribution in [0.15, 0.2) is 57.3 Å². The van der Waals surface area contributed by atoms with E-state index in [1.165, 1.54) is 30.0 Å². The lowest BCUT2D eigenvalue weighted by molar-refractivity contribution is -0.114. The Bertz CT molecular complexity index is 995. The fraction of sp³-hybridized carbons (Fsp3) is 0.111. The van der Waals surface area contributed by atoms with Crippen LogP contribution in [-0.2, 0) is 9.59 Å². The normalized spacial score (nSPS) is 10.4. The molecule has 0 aliphatic rings. The van der Waals surface area contributed by atoms with Gasteiger partial charge in [-0.05, 0) is 36.4 Å². The van der Waals surface area contributed by atoms with Gasteiger partial charge in [0.1, 0.15) is 0 Å². The van der Waals surface area contributed by atoms with Gasteiger partial charge in [0.25, 0.3) is 0 Å². The molecule has 0 unspecified atom stereocenters. The highest BCUT2D eigenvalue weighted by Gasteiger charge is 2.09. The van der Waals surface area contributed by atoms with Gasteiger partial charge in [0.2, 0.25) is 16.9 Å². The summed E-state index contributed by atoms with van der Waals surface area (Å²) in [4.78, 5) is 23.3. The average molecular weight is 478 g/mol. The first kappa shape index (κ1) is 20.3. The summed E-state index contributed by atoms with van der Waals surface area (Å²) in [6.45, 7) is 1.43. The highest BCUT2D eigenvalue weighted by Crippen LogP contribution is 2.28. The molecule has 0 radical (unpaired) electrons. The number of halogens is 1. The molecule has 3 N–H and O–H groups in total. The minimum absolute atomic E-state index is 0.164. The lowest BCUT2D eigenvalue weighted by Gasteiger charge is -2.07. The van der Waals surface area contributed by atoms with E-state index in [0.29, 0.717) is 20.8 Å². The van der Waals surface area contributed by atoms with Crippen molar-refractivity contribution in [2.24, 2.45) is 0 Å². The van der Waals surface area contributed by atoms with Gasteiger partial charge in [0.05, 0.1) is 5.75 Å². The second-order valence-electron chi connectivity index (χ2n) is 5.61. The molecule has 0 fully saturated rings. The highest BCUT2D eigenvalue weighted by atomic mass is 79.9. The summed E-state index contributed by atoms with van der Waals surface area (Å²) in [7, 11) is 0. The summed E-state index contributed by atoms with van der Waals surface area (Å²) in [6, 6.07) is 14.7. The Labute approximate surface area is 178 Å². The summed E-state index contributed by atoms with van der Waals surface area (Å²) in [6.07, 6.45) is 0. The average Bonchev–Trinajstić information content (AvgIpc) is 3.07. The maximum Gasteiger partial charge on any atom is 0.234 e. The van der Waals surface area contributed by atoms with E-state index in [9.17, 15) is 9.59 Å². The first-order valence-electron chi connectivity index (χ1n) is 8.14. The summed E-state index contributed by atoms with van der Waals surface area (Å²) >= 11 is 6.11. The van der Waals surface area contributed by atoms with Crippen LogP contribution in [0.2, 0.25) is 0 Å². The zero-order valence-corrected chi connectivity index (χ0v) is 18.0. The van der Waals surface area contributed by atoms with Crippen molar-refractivity contribution in [1.82, 2.24) is 10.2 Å². The molecule has 3 aromatic rings. The Balaban J connectivity index is 1.51. The van der Waals surface area contributed by atoms with Crippen molar-refractivity contribution >= 4 is 73.0 Å². The second-order valence-corrected chi connectivity index (χ2v) is 8.72. The van der Waals surface area contributed by atoms with Gasteiger partial charge in [-0.1, -0.05) is 51.2 Å². The SMILES string of the molecule is CC(=O)Nc1cccc(NC(=O)CSc2nnc(Nc3cccc(Br)c3)s2)c1. The standard InChI is InChI=1S/C18H16BrN5O2S2/c1-11(25)20-14-6-3-7-15(9-14)21-16(26)10-27-18-24-23-17(28-18)22-13-5-2-4-12(19)8-13/h2-9H,10H2,1H3,(H,20,25)(H,21,26)(H,22,23). The first-order valence-corrected chi connectivity index (χ1v) is 10.7. The molecule has 2 amide bonds. The van der Waals surface area contributed by atoms with Crippen molar-refractivity contribution < 1.29 is 9.59 Å². The van der Waals surface area contributed by atoms with E-state index in [4.69, 9.17) is 0 Å². The van der Waals surface area contributed by atoms with Crippen molar-refractivity contribution in [3.63, 3.8) is 0 Å². The number of carbonyl (C=O) groups excluding carboxylic acids is 2. The fourth-order valence-electron chi connectivity index (χ4n) is 2.21. The number of nitrogens with one attached hydrogen (secondary N) is 3. The smallest absolute Gasteiger partial charge is 0.234 e. The minimum Gasteiger partial charge on any atom is -0.330 e. The summed E-state index contributed by atoms with van der Waals surface area (Å²) in [5, 5.41) is 17.5. The number of rotatable bonds is 7. The third-order valence-corrected chi connectivity index (χ3v) is 5.74. The van der Waals surface area contributed by atoms with Crippen LogP contribution in [0.25, 0.3) is 0 Å². The van der Waals surface area contributed by atoms with Crippen LogP contribution in [-0.4, -0.2) is 27.8 Å². The number of hydrogen-bond acceptors (Lipinski definition) is 7. The van der Waals surface area contributed by atoms with Gasteiger partial charge in [-0.15, -0.1) is 10.2 Å². The van der Waals surface area contributed by atoms with E-state index >= 15 is 0 Å². The van der Waals surface area contributed by atoms with E-state index < -0.39 is 0 Å². The van der Waals surface area contributed by atoms with Gasteiger partial charge < -0.3 is 16.0 Å². The van der Waals surface area contributed by atoms with Crippen LogP contribution in [0.1, 0.15) is 6.92 Å². The lowest BCUT2D eigenvalue weighted by atomic mass is 10.2. The molecular formula is C18H16BrN5O2S2. The van der Waals surface area contributed by atoms with Gasteiger partial charge in [-0.3, -0.25) is 9.59 Å². The minimum atomic E-state index is -0.165. The number of carbonyl (C=O) groups is 2. The van der Waals surface area contributed by atoms with Crippen LogP contribution < -0.4 is 16.0 Å². The molecule has 0 aliphatic heterocycles. The van der Waals surface area contributed by atoms with E-state index in [-0.39, 0.29) is 17.6 Å². The topological polar surface area (TPSA) is 96.0 Å². The van der Waals surface area contributed by atoms with Gasteiger partial charge in [-0.25, -0.2) is 0 Å². The molecule has 0 aliphatic carbocycles. The van der Waals surface area contributed by atoms with Gasteiger partial charge in [0.15, 0.2) is 4.34 Å². The van der Waals surface area contributed by atoms with Crippen molar-refractivity contribution in [2.45, 2.75) is 11.3 Å². The maximum atomic E-state index is 12.2. The number of aromatic nitrogens is 2. The van der Waals surface area contributed by atoms with E-state index in [1.807, 2.05) is 24.3 Å². The van der Waals surface area contributed by atoms with E-state index in [1.54, 1.807) is 24.3 Å². The molecule has 0 atom stereocenters. The summed E-state index contributed by atoms with van der Waals surface area (Å²) < 4.78 is 1.66. The Morgan fingerprint density at radius 3 is 2.50 bits per heavy atom. The van der Waals surface area contributed by atoms with Gasteiger partial charge >= 0.3 is 0 Å². The Kier molecular flexibility index (Phi) is 7.01. The van der Waals surface area contributed by atoms with Crippen LogP contribution in [0, 0.1) is 0 Å². The predicted molar refractivity (Wildman–Crippen MR) is 117 cm³/mol. The largest absolute Gasteiger partial charge is 0.330 e. The molecule has 1 heterocycles. The molecule has 7 nitrogen and oxygen atoms in total. The molecule has 28 heavy (non-hydrogen) atoms. The number of benzene rings is 2. The molecular weight excluding hydrogens is 462 g/mol. The fourth-order valence-corrected chi connectivity index (χ4v) is 4.18. The molecule has 0 saturated heterocycles. The van der Waals surface area contributed by atoms with Crippen molar-refractivity contribution in [1.29, 1.82) is 0 Å². The first-order chi connectivity index (χ1) is 13.5. The Morgan fingerprint density at radius 2 is 1.75 bits per heavy atom. The second kappa shape index (κ2) is 9.67. The van der Waals surface area contributed by atoms with Crippen molar-refractivity contribution in [2.75, 3.05) is 21.7 Å². The zero-order valence-electron chi connectivity index (χ0n) is 14.7. The molecule has 0 saturated carbocycles. The predicted octanol–water partition coefficient (Wildman–Crippen LogP) is 4.73. The number of anilines is 4. The Hall–Kier alpha value is -2.43. The van der Waals surface area contributed by atoms with E-state index in [0.717, 1.165) is 10.2 Å². The molecule has 2 aromatic carbocycles. The quantitative estimate of drug-likeness (QED) is 0.425. The number of nitrogens with zero attached hydrogens (tertiary/aromatic N) is 2. The molecule has 1 aromatic heterocycles. The van der Waals surface area contributed by atoms with Crippen molar-refractivity contribution in [3.05, 3.63) is 53.0 Å². The highest BCUT2D eigenvalue weighted by molar-refractivity contribution is 9.10. The van der Waals surface area contributed by atoms with Crippen molar-refractivity contribution in [3.8, 4) is 0 Å². The van der Waals surface area contributed by atoms with Gasteiger partial charge in [-0.2, -0.15) is 0 Å². The number of hydrogen-bond donors (Lipinski definition) is 3. The third kappa shape index (κ3) is 6.32. The van der Waals surface area contributed by atoms with Crippen LogP contribution in [0.3, 0.4) is 0 Å². The summed E-state index contributed by atoms with van der Waals surface area (Å²) in [5.41, 5.74) is 2.15. The number of thioether (sulfide) groups is 1. The maximum absolute atomic E-state index is 12.2. The van der Waals surface area contributed by atoms with Crippen LogP contribution in [0.4, 0.5) is 22.2 Å². The molecule has 10 heteroatoms. The molecule has 144 valence electrons. The number of amides is 2. The van der Waals surface area contributed by atoms with Gasteiger partial charge in [0, 0.05) is 28.5 Å². The third-order valence-electron chi connectivity index (χ3n) is 3.28. The van der Waals surface area contributed by atoms with Crippen LogP contribution >= 0.6 is 39.0 Å². The Morgan fingerprint density at radius 1 is 1.04 bits per heavy atom. The molecule has 0 bridgehead atoms. The van der Waals surface area contributed by atoms with Crippen LogP contribution in [0.5, 0.6) is 0 Å². The van der Waals surface area contributed by atoms with E-state index in [2.05, 4.69) is 42.1 Å². The monoisotopic (exact) mass is 477 g/mol. The molecule has 3 rings (SSSR count).